The van der Waals surface area contributed by atoms with Gasteiger partial charge in [0.05, 0.1) is 17.2 Å². The van der Waals surface area contributed by atoms with E-state index >= 15 is 0 Å². The van der Waals surface area contributed by atoms with Crippen molar-refractivity contribution < 1.29 is 19.3 Å². The zero-order valence-electron chi connectivity index (χ0n) is 20.2. The Hall–Kier alpha value is -3.26. The predicted octanol–water partition coefficient (Wildman–Crippen LogP) is 6.37. The van der Waals surface area contributed by atoms with Gasteiger partial charge in [-0.3, -0.25) is 10.1 Å². The Morgan fingerprint density at radius 2 is 1.65 bits per heavy atom. The molecule has 0 amide bonds. The number of ether oxygens (including phenoxy) is 1. The zero-order chi connectivity index (χ0) is 24.5. The van der Waals surface area contributed by atoms with Crippen molar-refractivity contribution in [2.75, 3.05) is 13.2 Å². The third kappa shape index (κ3) is 6.41. The molecule has 182 valence electrons. The lowest BCUT2D eigenvalue weighted by atomic mass is 10.1. The minimum atomic E-state index is -0.492. The van der Waals surface area contributed by atoms with Crippen molar-refractivity contribution in [3.63, 3.8) is 0 Å². The van der Waals surface area contributed by atoms with Crippen LogP contribution in [0, 0.1) is 10.1 Å². The summed E-state index contributed by atoms with van der Waals surface area (Å²) < 4.78 is 8.03. The van der Waals surface area contributed by atoms with E-state index in [1.807, 2.05) is 18.2 Å². The maximum Gasteiger partial charge on any atom is 0.331 e. The molecule has 0 aliphatic carbocycles. The Bertz CT molecular complexity index is 1180. The number of hydrogen-bond acceptors (Lipinski definition) is 6. The van der Waals surface area contributed by atoms with Crippen LogP contribution in [-0.2, 0) is 20.9 Å². The van der Waals surface area contributed by atoms with Crippen molar-refractivity contribution in [2.24, 2.45) is 5.16 Å². The number of fused-ring (bicyclic) bond motifs is 3. The molecule has 0 spiro atoms. The summed E-state index contributed by atoms with van der Waals surface area (Å²) in [6, 6.07) is 10.7. The standard InChI is InChI=1S/C26H33N3O5/c1-4-5-6-7-8-9-15-33-16-14-28-25-12-10-21(19(2)27-34-20(3)30)17-23(25)24-18-22(29(31)32)11-13-26(24)28/h10-13,17-18H,4-9,14-16H2,1-3H3. The number of benzene rings is 2. The van der Waals surface area contributed by atoms with Crippen LogP contribution in [0.1, 0.15) is 64.9 Å². The van der Waals surface area contributed by atoms with Crippen molar-refractivity contribution in [2.45, 2.75) is 65.8 Å². The number of carbonyl (C=O) groups excluding carboxylic acids is 1. The number of nitro benzene ring substituents is 1. The van der Waals surface area contributed by atoms with Gasteiger partial charge in [-0.2, -0.15) is 0 Å². The lowest BCUT2D eigenvalue weighted by Gasteiger charge is -2.09. The van der Waals surface area contributed by atoms with Crippen molar-refractivity contribution in [3.05, 3.63) is 52.1 Å². The van der Waals surface area contributed by atoms with Crippen molar-refractivity contribution in [3.8, 4) is 0 Å². The highest BCUT2D eigenvalue weighted by Crippen LogP contribution is 2.32. The summed E-state index contributed by atoms with van der Waals surface area (Å²) in [5.41, 5.74) is 3.24. The highest BCUT2D eigenvalue weighted by molar-refractivity contribution is 6.12. The van der Waals surface area contributed by atoms with Crippen molar-refractivity contribution >= 4 is 39.2 Å². The van der Waals surface area contributed by atoms with Gasteiger partial charge in [-0.05, 0) is 37.1 Å². The number of aromatic nitrogens is 1. The third-order valence-corrected chi connectivity index (χ3v) is 5.89. The molecular weight excluding hydrogens is 434 g/mol. The molecule has 0 radical (unpaired) electrons. The van der Waals surface area contributed by atoms with E-state index in [1.54, 1.807) is 19.1 Å². The highest BCUT2D eigenvalue weighted by Gasteiger charge is 2.16. The minimum absolute atomic E-state index is 0.0431. The number of rotatable bonds is 13. The Labute approximate surface area is 199 Å². The van der Waals surface area contributed by atoms with Crippen LogP contribution >= 0.6 is 0 Å². The van der Waals surface area contributed by atoms with Gasteiger partial charge in [0.2, 0.25) is 0 Å². The summed E-state index contributed by atoms with van der Waals surface area (Å²) in [4.78, 5) is 26.8. The summed E-state index contributed by atoms with van der Waals surface area (Å²) >= 11 is 0. The molecule has 0 aliphatic heterocycles. The SMILES string of the molecule is CCCCCCCCOCCn1c2ccc(C(C)=NOC(C)=O)cc2c2cc([N+](=O)[O-])ccc21. The van der Waals surface area contributed by atoms with Gasteiger partial charge in [0, 0.05) is 54.0 Å². The molecule has 1 aromatic heterocycles. The Morgan fingerprint density at radius 1 is 0.971 bits per heavy atom. The highest BCUT2D eigenvalue weighted by atomic mass is 16.7. The molecule has 0 saturated carbocycles. The van der Waals surface area contributed by atoms with Gasteiger partial charge in [0.25, 0.3) is 5.69 Å². The molecule has 8 nitrogen and oxygen atoms in total. The van der Waals surface area contributed by atoms with Crippen LogP contribution in [0.15, 0.2) is 41.6 Å². The topological polar surface area (TPSA) is 96.0 Å². The molecule has 0 unspecified atom stereocenters. The third-order valence-electron chi connectivity index (χ3n) is 5.89. The monoisotopic (exact) mass is 467 g/mol. The van der Waals surface area contributed by atoms with E-state index in [0.29, 0.717) is 18.9 Å². The van der Waals surface area contributed by atoms with Crippen LogP contribution in [0.4, 0.5) is 5.69 Å². The van der Waals surface area contributed by atoms with E-state index in [-0.39, 0.29) is 10.6 Å². The lowest BCUT2D eigenvalue weighted by molar-refractivity contribution is -0.384. The molecule has 1 heterocycles. The second-order valence-corrected chi connectivity index (χ2v) is 8.48. The maximum absolute atomic E-state index is 11.4. The first-order chi connectivity index (χ1) is 16.4. The molecule has 2 aromatic carbocycles. The van der Waals surface area contributed by atoms with Crippen LogP contribution in [-0.4, -0.2) is 34.4 Å². The van der Waals surface area contributed by atoms with Gasteiger partial charge in [-0.15, -0.1) is 0 Å². The number of non-ortho nitro benzene ring substituents is 1. The number of unbranched alkanes of at least 4 members (excludes halogenated alkanes) is 5. The number of nitro groups is 1. The number of carbonyl (C=O) groups is 1. The predicted molar refractivity (Wildman–Crippen MR) is 134 cm³/mol. The molecule has 0 bridgehead atoms. The van der Waals surface area contributed by atoms with Crippen molar-refractivity contribution in [1.29, 1.82) is 0 Å². The van der Waals surface area contributed by atoms with Crippen LogP contribution in [0.5, 0.6) is 0 Å². The average Bonchev–Trinajstić information content (AvgIpc) is 3.13. The van der Waals surface area contributed by atoms with Crippen LogP contribution in [0.2, 0.25) is 0 Å². The molecule has 0 aliphatic rings. The van der Waals surface area contributed by atoms with Gasteiger partial charge >= 0.3 is 5.97 Å². The van der Waals surface area contributed by atoms with E-state index in [4.69, 9.17) is 9.57 Å². The van der Waals surface area contributed by atoms with Gasteiger partial charge in [-0.25, -0.2) is 4.79 Å². The average molecular weight is 468 g/mol. The summed E-state index contributed by atoms with van der Waals surface area (Å²) in [7, 11) is 0. The fourth-order valence-corrected chi connectivity index (χ4v) is 4.10. The first-order valence-corrected chi connectivity index (χ1v) is 11.9. The van der Waals surface area contributed by atoms with Crippen molar-refractivity contribution in [1.82, 2.24) is 4.57 Å². The Balaban J connectivity index is 1.82. The molecule has 0 N–H and O–H groups in total. The molecule has 34 heavy (non-hydrogen) atoms. The number of hydrogen-bond donors (Lipinski definition) is 0. The lowest BCUT2D eigenvalue weighted by Crippen LogP contribution is -2.07. The minimum Gasteiger partial charge on any atom is -0.380 e. The maximum atomic E-state index is 11.4. The Morgan fingerprint density at radius 3 is 2.35 bits per heavy atom. The summed E-state index contributed by atoms with van der Waals surface area (Å²) in [6.07, 6.45) is 7.34. The molecule has 0 atom stereocenters. The first-order valence-electron chi connectivity index (χ1n) is 11.9. The summed E-state index contributed by atoms with van der Waals surface area (Å²) in [5, 5.41) is 16.9. The first kappa shape index (κ1) is 25.4. The van der Waals surface area contributed by atoms with E-state index < -0.39 is 5.97 Å². The fraction of sp³-hybridized carbons (Fsp3) is 0.462. The quantitative estimate of drug-likeness (QED) is 0.0957. The van der Waals surface area contributed by atoms with Crippen LogP contribution < -0.4 is 0 Å². The van der Waals surface area contributed by atoms with E-state index in [9.17, 15) is 14.9 Å². The molecule has 3 aromatic rings. The van der Waals surface area contributed by atoms with Gasteiger partial charge in [0.15, 0.2) is 0 Å². The Kier molecular flexibility index (Phi) is 9.16. The zero-order valence-corrected chi connectivity index (χ0v) is 20.2. The molecular formula is C26H33N3O5. The molecule has 3 rings (SSSR count). The van der Waals surface area contributed by atoms with Crippen LogP contribution in [0.25, 0.3) is 21.8 Å². The van der Waals surface area contributed by atoms with Gasteiger partial charge in [0.1, 0.15) is 0 Å². The van der Waals surface area contributed by atoms with Crippen LogP contribution in [0.3, 0.4) is 0 Å². The normalized spacial score (nSPS) is 11.9. The van der Waals surface area contributed by atoms with E-state index in [2.05, 4.69) is 16.6 Å². The van der Waals surface area contributed by atoms with E-state index in [0.717, 1.165) is 40.4 Å². The smallest absolute Gasteiger partial charge is 0.331 e. The molecule has 0 fully saturated rings. The fourth-order valence-electron chi connectivity index (χ4n) is 4.10. The second kappa shape index (κ2) is 12.3. The van der Waals surface area contributed by atoms with E-state index in [1.165, 1.54) is 45.1 Å². The van der Waals surface area contributed by atoms with Gasteiger partial charge in [-0.1, -0.05) is 50.2 Å². The second-order valence-electron chi connectivity index (χ2n) is 8.48. The molecule has 8 heteroatoms. The summed E-state index contributed by atoms with van der Waals surface area (Å²) in [5.74, 6) is -0.492. The number of nitrogens with zero attached hydrogens (tertiary/aromatic N) is 3. The molecule has 0 saturated heterocycles. The number of oxime groups is 1. The van der Waals surface area contributed by atoms with Gasteiger partial charge < -0.3 is 14.1 Å². The largest absolute Gasteiger partial charge is 0.380 e. The summed E-state index contributed by atoms with van der Waals surface area (Å²) in [6.45, 7) is 7.22.